The number of aliphatic hydroxyl groups is 1. The summed E-state index contributed by atoms with van der Waals surface area (Å²) in [6.07, 6.45) is 5.29. The number of aliphatic hydroxyl groups excluding tert-OH is 1. The molecule has 0 unspecified atom stereocenters. The van der Waals surface area contributed by atoms with Crippen LogP contribution in [0.15, 0.2) is 30.3 Å². The molecular formula is C21H32N2O2. The van der Waals surface area contributed by atoms with Gasteiger partial charge >= 0.3 is 0 Å². The molecule has 0 spiro atoms. The Balaban J connectivity index is 1.13. The maximum Gasteiger partial charge on any atom is 0.0900 e. The number of β-amino-alcohol motifs (C(OH)–C–C–N with tert-alkyl or cyclic N) is 1. The van der Waals surface area contributed by atoms with Crippen LogP contribution in [0, 0.1) is 17.8 Å². The minimum absolute atomic E-state index is 0.359. The van der Waals surface area contributed by atoms with Crippen LogP contribution < -0.4 is 4.90 Å². The first-order valence-corrected chi connectivity index (χ1v) is 10.1. The van der Waals surface area contributed by atoms with Crippen molar-refractivity contribution >= 4 is 5.69 Å². The Hall–Kier alpha value is -1.10. The predicted octanol–water partition coefficient (Wildman–Crippen LogP) is 2.62. The van der Waals surface area contributed by atoms with Crippen LogP contribution in [0.25, 0.3) is 0 Å². The minimum atomic E-state index is -0.359. The first-order valence-electron chi connectivity index (χ1n) is 10.1. The normalized spacial score (nSPS) is 30.8. The van der Waals surface area contributed by atoms with Crippen LogP contribution in [0.4, 0.5) is 5.69 Å². The minimum Gasteiger partial charge on any atom is -0.389 e. The Labute approximate surface area is 151 Å². The number of rotatable bonds is 7. The third kappa shape index (κ3) is 4.36. The lowest BCUT2D eigenvalue weighted by molar-refractivity contribution is -0.00274. The number of para-hydroxylation sites is 1. The number of ether oxygens (including phenoxy) is 1. The van der Waals surface area contributed by atoms with Gasteiger partial charge in [0.2, 0.25) is 0 Å². The lowest BCUT2D eigenvalue weighted by Crippen LogP contribution is -2.49. The second kappa shape index (κ2) is 8.07. The van der Waals surface area contributed by atoms with E-state index in [2.05, 4.69) is 40.1 Å². The van der Waals surface area contributed by atoms with Crippen molar-refractivity contribution < 1.29 is 9.84 Å². The summed E-state index contributed by atoms with van der Waals surface area (Å²) in [6.45, 7) is 6.17. The van der Waals surface area contributed by atoms with E-state index in [1.165, 1.54) is 31.4 Å². The van der Waals surface area contributed by atoms with E-state index in [0.717, 1.165) is 57.1 Å². The summed E-state index contributed by atoms with van der Waals surface area (Å²) in [7, 11) is 0. The highest BCUT2D eigenvalue weighted by Gasteiger charge is 2.39. The number of fused-ring (bicyclic) bond motifs is 2. The summed E-state index contributed by atoms with van der Waals surface area (Å²) in [5, 5.41) is 10.3. The van der Waals surface area contributed by atoms with Gasteiger partial charge in [0.1, 0.15) is 0 Å². The van der Waals surface area contributed by atoms with Crippen LogP contribution in [0.1, 0.15) is 25.7 Å². The van der Waals surface area contributed by atoms with Crippen molar-refractivity contribution in [2.24, 2.45) is 17.8 Å². The van der Waals surface area contributed by atoms with Gasteiger partial charge in [-0.3, -0.25) is 4.90 Å². The average molecular weight is 344 g/mol. The zero-order valence-electron chi connectivity index (χ0n) is 15.2. The molecule has 138 valence electrons. The van der Waals surface area contributed by atoms with Crippen LogP contribution >= 0.6 is 0 Å². The van der Waals surface area contributed by atoms with Gasteiger partial charge in [0.05, 0.1) is 12.7 Å². The summed E-state index contributed by atoms with van der Waals surface area (Å²) in [5.41, 5.74) is 1.30. The number of anilines is 1. The van der Waals surface area contributed by atoms with Gasteiger partial charge in [-0.1, -0.05) is 24.6 Å². The van der Waals surface area contributed by atoms with Crippen LogP contribution in [0.5, 0.6) is 0 Å². The molecule has 1 saturated heterocycles. The molecule has 4 heteroatoms. The van der Waals surface area contributed by atoms with Gasteiger partial charge in [-0.05, 0) is 49.1 Å². The highest BCUT2D eigenvalue weighted by atomic mass is 16.5. The van der Waals surface area contributed by atoms with Gasteiger partial charge in [-0.15, -0.1) is 0 Å². The lowest BCUT2D eigenvalue weighted by atomic mass is 9.90. The molecule has 1 aliphatic heterocycles. The van der Waals surface area contributed by atoms with E-state index in [1.807, 2.05) is 0 Å². The predicted molar refractivity (Wildman–Crippen MR) is 101 cm³/mol. The molecule has 2 saturated carbocycles. The second-order valence-electron chi connectivity index (χ2n) is 8.25. The molecule has 1 aromatic carbocycles. The van der Waals surface area contributed by atoms with Crippen molar-refractivity contribution in [1.29, 1.82) is 0 Å². The monoisotopic (exact) mass is 344 g/mol. The summed E-state index contributed by atoms with van der Waals surface area (Å²) in [5.74, 6) is 2.65. The topological polar surface area (TPSA) is 35.9 Å². The molecule has 0 amide bonds. The number of piperazine rings is 1. The molecule has 2 aliphatic carbocycles. The molecule has 3 fully saturated rings. The van der Waals surface area contributed by atoms with Crippen molar-refractivity contribution in [3.8, 4) is 0 Å². The van der Waals surface area contributed by atoms with Crippen LogP contribution in [0.2, 0.25) is 0 Å². The average Bonchev–Trinajstić information content (AvgIpc) is 3.26. The lowest BCUT2D eigenvalue weighted by Gasteiger charge is -2.36. The van der Waals surface area contributed by atoms with Crippen LogP contribution in [-0.4, -0.2) is 62.0 Å². The van der Waals surface area contributed by atoms with Gasteiger partial charge < -0.3 is 14.7 Å². The van der Waals surface area contributed by atoms with Crippen molar-refractivity contribution in [2.45, 2.75) is 31.8 Å². The largest absolute Gasteiger partial charge is 0.389 e. The smallest absolute Gasteiger partial charge is 0.0900 e. The maximum absolute atomic E-state index is 10.3. The van der Waals surface area contributed by atoms with E-state index >= 15 is 0 Å². The molecule has 4 atom stereocenters. The Morgan fingerprint density at radius 3 is 2.52 bits per heavy atom. The molecule has 1 N–H and O–H groups in total. The molecular weight excluding hydrogens is 312 g/mol. The van der Waals surface area contributed by atoms with E-state index in [4.69, 9.17) is 4.74 Å². The third-order valence-electron chi connectivity index (χ3n) is 6.49. The fraction of sp³-hybridized carbons (Fsp3) is 0.714. The molecule has 1 aromatic rings. The van der Waals surface area contributed by atoms with Gasteiger partial charge in [0.15, 0.2) is 0 Å². The van der Waals surface area contributed by atoms with E-state index in [-0.39, 0.29) is 6.10 Å². The SMILES string of the molecule is O[C@@H](COC[C@H]1C[C@@H]2CC[C@@H]1C2)CN1CCN(c2ccccc2)CC1. The van der Waals surface area contributed by atoms with Crippen molar-refractivity contribution in [3.63, 3.8) is 0 Å². The van der Waals surface area contributed by atoms with Gasteiger partial charge in [0.25, 0.3) is 0 Å². The Bertz CT molecular complexity index is 530. The van der Waals surface area contributed by atoms with Gasteiger partial charge in [-0.2, -0.15) is 0 Å². The fourth-order valence-corrected chi connectivity index (χ4v) is 5.11. The Morgan fingerprint density at radius 2 is 1.84 bits per heavy atom. The summed E-state index contributed by atoms with van der Waals surface area (Å²) < 4.78 is 5.88. The standard InChI is InChI=1S/C21H32N2O2/c24-21(16-25-15-19-13-17-6-7-18(19)12-17)14-22-8-10-23(11-9-22)20-4-2-1-3-5-20/h1-5,17-19,21,24H,6-16H2/t17-,18-,19-,21-/m1/s1. The highest BCUT2D eigenvalue weighted by Crippen LogP contribution is 2.48. The van der Waals surface area contributed by atoms with Crippen molar-refractivity contribution in [2.75, 3.05) is 50.8 Å². The first-order chi connectivity index (χ1) is 12.3. The number of hydrogen-bond acceptors (Lipinski definition) is 4. The van der Waals surface area contributed by atoms with Crippen LogP contribution in [-0.2, 0) is 4.74 Å². The van der Waals surface area contributed by atoms with Gasteiger partial charge in [0, 0.05) is 45.0 Å². The Morgan fingerprint density at radius 1 is 1.04 bits per heavy atom. The highest BCUT2D eigenvalue weighted by molar-refractivity contribution is 5.46. The second-order valence-corrected chi connectivity index (χ2v) is 8.25. The number of hydrogen-bond donors (Lipinski definition) is 1. The summed E-state index contributed by atoms with van der Waals surface area (Å²) in [4.78, 5) is 4.79. The van der Waals surface area contributed by atoms with E-state index in [1.54, 1.807) is 0 Å². The maximum atomic E-state index is 10.3. The third-order valence-corrected chi connectivity index (χ3v) is 6.49. The zero-order valence-corrected chi connectivity index (χ0v) is 15.2. The molecule has 25 heavy (non-hydrogen) atoms. The molecule has 1 heterocycles. The Kier molecular flexibility index (Phi) is 5.59. The van der Waals surface area contributed by atoms with Crippen LogP contribution in [0.3, 0.4) is 0 Å². The van der Waals surface area contributed by atoms with E-state index in [0.29, 0.717) is 6.61 Å². The molecule has 3 aliphatic rings. The zero-order chi connectivity index (χ0) is 17.1. The quantitative estimate of drug-likeness (QED) is 0.825. The summed E-state index contributed by atoms with van der Waals surface area (Å²) >= 11 is 0. The van der Waals surface area contributed by atoms with E-state index in [9.17, 15) is 5.11 Å². The fourth-order valence-electron chi connectivity index (χ4n) is 5.11. The molecule has 0 radical (unpaired) electrons. The molecule has 0 aromatic heterocycles. The molecule has 4 nitrogen and oxygen atoms in total. The summed E-state index contributed by atoms with van der Waals surface area (Å²) in [6, 6.07) is 10.6. The van der Waals surface area contributed by atoms with Crippen molar-refractivity contribution in [3.05, 3.63) is 30.3 Å². The molecule has 2 bridgehead atoms. The number of nitrogens with zero attached hydrogens (tertiary/aromatic N) is 2. The molecule has 4 rings (SSSR count). The van der Waals surface area contributed by atoms with E-state index < -0.39 is 0 Å². The van der Waals surface area contributed by atoms with Crippen molar-refractivity contribution in [1.82, 2.24) is 4.90 Å². The van der Waals surface area contributed by atoms with Gasteiger partial charge in [-0.25, -0.2) is 0 Å². The first kappa shape index (κ1) is 17.3. The number of benzene rings is 1.